The minimum absolute atomic E-state index is 0. The number of esters is 1. The Morgan fingerprint density at radius 3 is 2.82 bits per heavy atom. The molecule has 1 aliphatic heterocycles. The topological polar surface area (TPSA) is 38.8 Å². The zero-order valence-electron chi connectivity index (χ0n) is 13.4. The van der Waals surface area contributed by atoms with E-state index in [0.29, 0.717) is 24.0 Å². The van der Waals surface area contributed by atoms with Crippen molar-refractivity contribution in [2.75, 3.05) is 26.8 Å². The van der Waals surface area contributed by atoms with Crippen molar-refractivity contribution in [3.05, 3.63) is 29.8 Å². The van der Waals surface area contributed by atoms with Gasteiger partial charge in [0.25, 0.3) is 0 Å². The number of carbonyl (C=O) groups is 1. The number of para-hydroxylation sites is 1. The number of halogens is 1. The van der Waals surface area contributed by atoms with Crippen LogP contribution in [0.3, 0.4) is 0 Å². The molecule has 1 atom stereocenters. The standard InChI is InChI=1S/C17H25NO3.ClH/c1-14-8-5-6-11-18(14)12-7-13-21-17(19)15-9-3-4-10-16(15)20-2;/h3-4,9-10,14H,5-8,11-13H2,1-2H3;1H. The summed E-state index contributed by atoms with van der Waals surface area (Å²) < 4.78 is 10.5. The third kappa shape index (κ3) is 5.18. The van der Waals surface area contributed by atoms with Gasteiger partial charge in [0.2, 0.25) is 0 Å². The van der Waals surface area contributed by atoms with Crippen molar-refractivity contribution in [1.29, 1.82) is 0 Å². The molecule has 0 saturated carbocycles. The van der Waals surface area contributed by atoms with Gasteiger partial charge in [-0.2, -0.15) is 0 Å². The van der Waals surface area contributed by atoms with Crippen LogP contribution in [0.2, 0.25) is 0 Å². The fourth-order valence-electron chi connectivity index (χ4n) is 2.81. The minimum Gasteiger partial charge on any atom is -0.496 e. The van der Waals surface area contributed by atoms with E-state index < -0.39 is 0 Å². The molecule has 1 fully saturated rings. The number of ether oxygens (including phenoxy) is 2. The molecule has 1 aliphatic rings. The Balaban J connectivity index is 0.00000242. The van der Waals surface area contributed by atoms with E-state index in [1.807, 2.05) is 12.1 Å². The number of carbonyl (C=O) groups excluding carboxylic acids is 1. The molecule has 4 nitrogen and oxygen atoms in total. The van der Waals surface area contributed by atoms with Gasteiger partial charge < -0.3 is 14.4 Å². The monoisotopic (exact) mass is 327 g/mol. The van der Waals surface area contributed by atoms with E-state index >= 15 is 0 Å². The first-order chi connectivity index (χ1) is 10.2. The highest BCUT2D eigenvalue weighted by atomic mass is 35.5. The molecule has 5 heteroatoms. The predicted molar refractivity (Wildman–Crippen MR) is 90.0 cm³/mol. The van der Waals surface area contributed by atoms with Crippen LogP contribution in [0.15, 0.2) is 24.3 Å². The molecule has 0 amide bonds. The largest absolute Gasteiger partial charge is 0.496 e. The van der Waals surface area contributed by atoms with Crippen molar-refractivity contribution in [2.45, 2.75) is 38.6 Å². The van der Waals surface area contributed by atoms with Gasteiger partial charge in [-0.3, -0.25) is 0 Å². The van der Waals surface area contributed by atoms with Gasteiger partial charge in [-0.15, -0.1) is 12.4 Å². The lowest BCUT2D eigenvalue weighted by molar-refractivity contribution is 0.0472. The Bertz CT molecular complexity index is 467. The van der Waals surface area contributed by atoms with Crippen molar-refractivity contribution in [3.8, 4) is 5.75 Å². The molecule has 1 saturated heterocycles. The highest BCUT2D eigenvalue weighted by Gasteiger charge is 2.18. The average Bonchev–Trinajstić information content (AvgIpc) is 2.52. The number of piperidine rings is 1. The molecular weight excluding hydrogens is 302 g/mol. The number of rotatable bonds is 6. The third-order valence-corrected chi connectivity index (χ3v) is 4.09. The Kier molecular flexibility index (Phi) is 8.28. The molecule has 2 rings (SSSR count). The Labute approximate surface area is 139 Å². The smallest absolute Gasteiger partial charge is 0.341 e. The molecular formula is C17H26ClNO3. The third-order valence-electron chi connectivity index (χ3n) is 4.09. The van der Waals surface area contributed by atoms with Crippen molar-refractivity contribution in [2.24, 2.45) is 0 Å². The van der Waals surface area contributed by atoms with Crippen LogP contribution in [0.5, 0.6) is 5.75 Å². The van der Waals surface area contributed by atoms with Gasteiger partial charge in [-0.25, -0.2) is 4.79 Å². The molecule has 0 radical (unpaired) electrons. The lowest BCUT2D eigenvalue weighted by Gasteiger charge is -2.33. The number of likely N-dealkylation sites (tertiary alicyclic amines) is 1. The molecule has 1 unspecified atom stereocenters. The number of methoxy groups -OCH3 is 1. The van der Waals surface area contributed by atoms with E-state index in [-0.39, 0.29) is 18.4 Å². The van der Waals surface area contributed by atoms with Gasteiger partial charge >= 0.3 is 5.97 Å². The second kappa shape index (κ2) is 9.70. The zero-order valence-corrected chi connectivity index (χ0v) is 14.2. The summed E-state index contributed by atoms with van der Waals surface area (Å²) in [7, 11) is 1.56. The first-order valence-electron chi connectivity index (χ1n) is 7.76. The van der Waals surface area contributed by atoms with E-state index in [1.54, 1.807) is 19.2 Å². The van der Waals surface area contributed by atoms with Crippen molar-refractivity contribution in [1.82, 2.24) is 4.90 Å². The number of hydrogen-bond acceptors (Lipinski definition) is 4. The van der Waals surface area contributed by atoms with Crippen LogP contribution in [0.1, 0.15) is 43.0 Å². The fraction of sp³-hybridized carbons (Fsp3) is 0.588. The maximum absolute atomic E-state index is 12.0. The summed E-state index contributed by atoms with van der Waals surface area (Å²) in [5.41, 5.74) is 0.492. The van der Waals surface area contributed by atoms with Gasteiger partial charge in [0, 0.05) is 12.6 Å². The molecule has 0 bridgehead atoms. The summed E-state index contributed by atoms with van der Waals surface area (Å²) in [6.07, 6.45) is 4.78. The van der Waals surface area contributed by atoms with E-state index in [2.05, 4.69) is 11.8 Å². The number of benzene rings is 1. The van der Waals surface area contributed by atoms with Gasteiger partial charge in [0.05, 0.1) is 13.7 Å². The summed E-state index contributed by atoms with van der Waals surface area (Å²) in [4.78, 5) is 14.5. The molecule has 124 valence electrons. The van der Waals surface area contributed by atoms with Crippen LogP contribution in [0.4, 0.5) is 0 Å². The van der Waals surface area contributed by atoms with E-state index in [0.717, 1.165) is 13.0 Å². The summed E-state index contributed by atoms with van der Waals surface area (Å²) in [5.74, 6) is 0.256. The van der Waals surface area contributed by atoms with E-state index in [1.165, 1.54) is 25.8 Å². The van der Waals surface area contributed by atoms with Crippen LogP contribution in [-0.2, 0) is 4.74 Å². The normalized spacial score (nSPS) is 18.4. The lowest BCUT2D eigenvalue weighted by atomic mass is 10.0. The summed E-state index contributed by atoms with van der Waals surface area (Å²) in [6, 6.07) is 7.81. The van der Waals surface area contributed by atoms with Gasteiger partial charge in [0.1, 0.15) is 11.3 Å². The molecule has 0 spiro atoms. The van der Waals surface area contributed by atoms with Crippen LogP contribution < -0.4 is 4.74 Å². The highest BCUT2D eigenvalue weighted by molar-refractivity contribution is 5.92. The predicted octanol–water partition coefficient (Wildman–Crippen LogP) is 3.54. The van der Waals surface area contributed by atoms with Crippen LogP contribution in [0.25, 0.3) is 0 Å². The summed E-state index contributed by atoms with van der Waals surface area (Å²) in [6.45, 7) is 4.90. The Morgan fingerprint density at radius 2 is 2.09 bits per heavy atom. The molecule has 0 N–H and O–H groups in total. The van der Waals surface area contributed by atoms with Crippen molar-refractivity contribution >= 4 is 18.4 Å². The average molecular weight is 328 g/mol. The van der Waals surface area contributed by atoms with Crippen LogP contribution in [0, 0.1) is 0 Å². The quantitative estimate of drug-likeness (QED) is 0.592. The fourth-order valence-corrected chi connectivity index (χ4v) is 2.81. The van der Waals surface area contributed by atoms with Crippen LogP contribution >= 0.6 is 12.4 Å². The molecule has 1 heterocycles. The molecule has 22 heavy (non-hydrogen) atoms. The van der Waals surface area contributed by atoms with E-state index in [9.17, 15) is 4.79 Å². The molecule has 0 aliphatic carbocycles. The lowest BCUT2D eigenvalue weighted by Crippen LogP contribution is -2.38. The Hall–Kier alpha value is -1.26. The number of hydrogen-bond donors (Lipinski definition) is 0. The highest BCUT2D eigenvalue weighted by Crippen LogP contribution is 2.19. The number of nitrogens with zero attached hydrogens (tertiary/aromatic N) is 1. The summed E-state index contributed by atoms with van der Waals surface area (Å²) >= 11 is 0. The van der Waals surface area contributed by atoms with Gasteiger partial charge in [-0.05, 0) is 44.9 Å². The van der Waals surface area contributed by atoms with E-state index in [4.69, 9.17) is 9.47 Å². The maximum atomic E-state index is 12.0. The molecule has 1 aromatic carbocycles. The Morgan fingerprint density at radius 1 is 1.32 bits per heavy atom. The minimum atomic E-state index is -0.306. The SMILES string of the molecule is COc1ccccc1C(=O)OCCCN1CCCCC1C.Cl. The molecule has 1 aromatic rings. The van der Waals surface area contributed by atoms with Crippen molar-refractivity contribution < 1.29 is 14.3 Å². The van der Waals surface area contributed by atoms with Crippen LogP contribution in [-0.4, -0.2) is 43.7 Å². The van der Waals surface area contributed by atoms with Gasteiger partial charge in [-0.1, -0.05) is 18.6 Å². The summed E-state index contributed by atoms with van der Waals surface area (Å²) in [5, 5.41) is 0. The first kappa shape index (κ1) is 18.8. The second-order valence-corrected chi connectivity index (χ2v) is 5.57. The zero-order chi connectivity index (χ0) is 15.1. The first-order valence-corrected chi connectivity index (χ1v) is 7.76. The molecule has 0 aromatic heterocycles. The maximum Gasteiger partial charge on any atom is 0.341 e. The van der Waals surface area contributed by atoms with Crippen molar-refractivity contribution in [3.63, 3.8) is 0 Å². The van der Waals surface area contributed by atoms with Gasteiger partial charge in [0.15, 0.2) is 0 Å². The second-order valence-electron chi connectivity index (χ2n) is 5.57.